The highest BCUT2D eigenvalue weighted by Gasteiger charge is 2.26. The summed E-state index contributed by atoms with van der Waals surface area (Å²) in [5.41, 5.74) is 0. The van der Waals surface area contributed by atoms with E-state index in [0.717, 1.165) is 25.7 Å². The molecule has 92 valence electrons. The van der Waals surface area contributed by atoms with Crippen LogP contribution in [0.4, 0.5) is 0 Å². The van der Waals surface area contributed by atoms with Gasteiger partial charge in [0.1, 0.15) is 0 Å². The second-order valence-electron chi connectivity index (χ2n) is 3.57. The molecule has 4 nitrogen and oxygen atoms in total. The molecule has 0 aliphatic heterocycles. The number of carboxylic acids is 1. The van der Waals surface area contributed by atoms with Crippen LogP contribution in [0, 0.1) is 5.92 Å². The van der Waals surface area contributed by atoms with Gasteiger partial charge in [0.2, 0.25) is 0 Å². The standard InChI is InChI=1S/C12H20O4/c1-3-5-6-7-8-9-10(11(13)14)12(15)16-4-2/h3,10H,1,4-9H2,2H3,(H,13,14). The molecule has 0 rings (SSSR count). The van der Waals surface area contributed by atoms with Crippen molar-refractivity contribution in [1.29, 1.82) is 0 Å². The minimum absolute atomic E-state index is 0.221. The van der Waals surface area contributed by atoms with Crippen molar-refractivity contribution in [2.45, 2.75) is 39.0 Å². The number of unbranched alkanes of at least 4 members (excludes halogenated alkanes) is 3. The molecule has 0 aliphatic carbocycles. The van der Waals surface area contributed by atoms with E-state index in [0.29, 0.717) is 6.42 Å². The van der Waals surface area contributed by atoms with E-state index in [4.69, 9.17) is 9.84 Å². The van der Waals surface area contributed by atoms with Gasteiger partial charge in [0.15, 0.2) is 5.92 Å². The molecule has 1 N–H and O–H groups in total. The van der Waals surface area contributed by atoms with Crippen molar-refractivity contribution in [3.63, 3.8) is 0 Å². The Balaban J connectivity index is 3.90. The Hall–Kier alpha value is -1.32. The van der Waals surface area contributed by atoms with E-state index in [2.05, 4.69) is 6.58 Å². The lowest BCUT2D eigenvalue weighted by molar-refractivity contribution is -0.158. The van der Waals surface area contributed by atoms with Crippen molar-refractivity contribution in [3.05, 3.63) is 12.7 Å². The topological polar surface area (TPSA) is 63.6 Å². The zero-order valence-electron chi connectivity index (χ0n) is 9.78. The van der Waals surface area contributed by atoms with E-state index in [9.17, 15) is 9.59 Å². The molecule has 0 radical (unpaired) electrons. The summed E-state index contributed by atoms with van der Waals surface area (Å²) in [6, 6.07) is 0. The van der Waals surface area contributed by atoms with Gasteiger partial charge in [0.05, 0.1) is 6.61 Å². The molecule has 0 heterocycles. The van der Waals surface area contributed by atoms with Crippen LogP contribution in [0.3, 0.4) is 0 Å². The number of hydrogen-bond acceptors (Lipinski definition) is 3. The maximum absolute atomic E-state index is 11.3. The van der Waals surface area contributed by atoms with Crippen LogP contribution in [-0.2, 0) is 14.3 Å². The van der Waals surface area contributed by atoms with E-state index in [1.165, 1.54) is 0 Å². The lowest BCUT2D eigenvalue weighted by Crippen LogP contribution is -2.25. The Morgan fingerprint density at radius 3 is 2.56 bits per heavy atom. The van der Waals surface area contributed by atoms with Gasteiger partial charge in [0.25, 0.3) is 0 Å². The number of carboxylic acid groups (broad SMARTS) is 1. The maximum atomic E-state index is 11.3. The molecule has 0 aromatic carbocycles. The highest BCUT2D eigenvalue weighted by molar-refractivity contribution is 5.93. The van der Waals surface area contributed by atoms with E-state index < -0.39 is 17.9 Å². The number of aliphatic carboxylic acids is 1. The van der Waals surface area contributed by atoms with Gasteiger partial charge in [-0.2, -0.15) is 0 Å². The van der Waals surface area contributed by atoms with E-state index >= 15 is 0 Å². The number of carbonyl (C=O) groups excluding carboxylic acids is 1. The molecule has 1 unspecified atom stereocenters. The largest absolute Gasteiger partial charge is 0.481 e. The van der Waals surface area contributed by atoms with Crippen LogP contribution in [0.1, 0.15) is 39.0 Å². The zero-order chi connectivity index (χ0) is 12.4. The molecule has 0 bridgehead atoms. The summed E-state index contributed by atoms with van der Waals surface area (Å²) in [4.78, 5) is 22.1. The van der Waals surface area contributed by atoms with Crippen LogP contribution in [0.15, 0.2) is 12.7 Å². The molecule has 0 saturated carbocycles. The molecule has 4 heteroatoms. The van der Waals surface area contributed by atoms with Crippen molar-refractivity contribution in [1.82, 2.24) is 0 Å². The average Bonchev–Trinajstić information content (AvgIpc) is 2.23. The fourth-order valence-electron chi connectivity index (χ4n) is 1.40. The summed E-state index contributed by atoms with van der Waals surface area (Å²) in [6.07, 6.45) is 5.74. The van der Waals surface area contributed by atoms with Crippen LogP contribution >= 0.6 is 0 Å². The fourth-order valence-corrected chi connectivity index (χ4v) is 1.40. The van der Waals surface area contributed by atoms with Gasteiger partial charge in [0, 0.05) is 0 Å². The molecular weight excluding hydrogens is 208 g/mol. The number of allylic oxidation sites excluding steroid dienone is 1. The highest BCUT2D eigenvalue weighted by atomic mass is 16.5. The zero-order valence-corrected chi connectivity index (χ0v) is 9.78. The normalized spacial score (nSPS) is 11.8. The lowest BCUT2D eigenvalue weighted by Gasteiger charge is -2.10. The lowest BCUT2D eigenvalue weighted by atomic mass is 10.0. The number of hydrogen-bond donors (Lipinski definition) is 1. The fraction of sp³-hybridized carbons (Fsp3) is 0.667. The van der Waals surface area contributed by atoms with Crippen molar-refractivity contribution >= 4 is 11.9 Å². The van der Waals surface area contributed by atoms with Crippen LogP contribution in [-0.4, -0.2) is 23.7 Å². The molecule has 0 aromatic rings. The van der Waals surface area contributed by atoms with Gasteiger partial charge >= 0.3 is 11.9 Å². The Bertz CT molecular complexity index is 235. The van der Waals surface area contributed by atoms with Crippen LogP contribution < -0.4 is 0 Å². The van der Waals surface area contributed by atoms with Crippen molar-refractivity contribution in [2.75, 3.05) is 6.61 Å². The van der Waals surface area contributed by atoms with Crippen molar-refractivity contribution in [2.24, 2.45) is 5.92 Å². The van der Waals surface area contributed by atoms with Gasteiger partial charge in [-0.05, 0) is 26.2 Å². The van der Waals surface area contributed by atoms with E-state index in [-0.39, 0.29) is 6.61 Å². The van der Waals surface area contributed by atoms with Gasteiger partial charge in [-0.25, -0.2) is 0 Å². The molecule has 16 heavy (non-hydrogen) atoms. The summed E-state index contributed by atoms with van der Waals surface area (Å²) >= 11 is 0. The third-order valence-corrected chi connectivity index (χ3v) is 2.27. The van der Waals surface area contributed by atoms with E-state index in [1.54, 1.807) is 6.92 Å². The molecule has 1 atom stereocenters. The summed E-state index contributed by atoms with van der Waals surface area (Å²) < 4.78 is 4.71. The number of carbonyl (C=O) groups is 2. The van der Waals surface area contributed by atoms with Crippen LogP contribution in [0.5, 0.6) is 0 Å². The second kappa shape index (κ2) is 8.95. The first kappa shape index (κ1) is 14.7. The molecule has 0 fully saturated rings. The minimum atomic E-state index is -1.10. The molecule has 0 amide bonds. The Morgan fingerprint density at radius 2 is 2.06 bits per heavy atom. The monoisotopic (exact) mass is 228 g/mol. The minimum Gasteiger partial charge on any atom is -0.481 e. The predicted molar refractivity (Wildman–Crippen MR) is 61.0 cm³/mol. The molecular formula is C12H20O4. The summed E-state index contributed by atoms with van der Waals surface area (Å²) in [6.45, 7) is 5.49. The first-order chi connectivity index (χ1) is 7.63. The smallest absolute Gasteiger partial charge is 0.320 e. The summed E-state index contributed by atoms with van der Waals surface area (Å²) in [7, 11) is 0. The van der Waals surface area contributed by atoms with Gasteiger partial charge in [-0.3, -0.25) is 9.59 Å². The van der Waals surface area contributed by atoms with Gasteiger partial charge < -0.3 is 9.84 Å². The third kappa shape index (κ3) is 6.22. The Labute approximate surface area is 96.3 Å². The van der Waals surface area contributed by atoms with Crippen LogP contribution in [0.2, 0.25) is 0 Å². The Kier molecular flexibility index (Phi) is 8.21. The summed E-state index contributed by atoms with van der Waals surface area (Å²) in [5, 5.41) is 8.86. The van der Waals surface area contributed by atoms with Gasteiger partial charge in [-0.1, -0.05) is 18.9 Å². The maximum Gasteiger partial charge on any atom is 0.320 e. The van der Waals surface area contributed by atoms with E-state index in [1.807, 2.05) is 6.08 Å². The number of rotatable bonds is 9. The van der Waals surface area contributed by atoms with Crippen LogP contribution in [0.25, 0.3) is 0 Å². The van der Waals surface area contributed by atoms with Crippen molar-refractivity contribution < 1.29 is 19.4 Å². The molecule has 0 aliphatic rings. The number of ether oxygens (including phenoxy) is 1. The quantitative estimate of drug-likeness (QED) is 0.285. The predicted octanol–water partition coefficient (Wildman–Crippen LogP) is 2.39. The third-order valence-electron chi connectivity index (χ3n) is 2.27. The molecule has 0 saturated heterocycles. The average molecular weight is 228 g/mol. The SMILES string of the molecule is C=CCCCCCC(C(=O)O)C(=O)OCC. The van der Waals surface area contributed by atoms with Crippen molar-refractivity contribution in [3.8, 4) is 0 Å². The number of esters is 1. The molecule has 0 spiro atoms. The molecule has 0 aromatic heterocycles. The van der Waals surface area contributed by atoms with Gasteiger partial charge in [-0.15, -0.1) is 6.58 Å². The summed E-state index contributed by atoms with van der Waals surface area (Å²) in [5.74, 6) is -2.73. The second-order valence-corrected chi connectivity index (χ2v) is 3.57. The first-order valence-corrected chi connectivity index (χ1v) is 5.63. The highest BCUT2D eigenvalue weighted by Crippen LogP contribution is 2.13. The Morgan fingerprint density at radius 1 is 1.38 bits per heavy atom. The first-order valence-electron chi connectivity index (χ1n) is 5.63.